The third kappa shape index (κ3) is 5.73. The second kappa shape index (κ2) is 9.79. The Balaban J connectivity index is 1.56. The molecule has 1 amide bonds. The Labute approximate surface area is 184 Å². The van der Waals surface area contributed by atoms with Crippen molar-refractivity contribution < 1.29 is 13.2 Å². The number of carbonyl (C=O) groups excluding carboxylic acids is 1. The predicted octanol–water partition coefficient (Wildman–Crippen LogP) is 4.49. The number of hydrogen-bond donors (Lipinski definition) is 1. The largest absolute Gasteiger partial charge is 0.352 e. The van der Waals surface area contributed by atoms with Gasteiger partial charge < -0.3 is 5.32 Å². The molecule has 0 radical (unpaired) electrons. The first kappa shape index (κ1) is 22.6. The molecule has 0 unspecified atom stereocenters. The van der Waals surface area contributed by atoms with Crippen molar-refractivity contribution in [3.8, 4) is 0 Å². The van der Waals surface area contributed by atoms with E-state index in [0.717, 1.165) is 18.4 Å². The average molecular weight is 437 g/mol. The Bertz CT molecular complexity index is 1120. The van der Waals surface area contributed by atoms with E-state index >= 15 is 0 Å². The second-order valence-corrected chi connectivity index (χ2v) is 9.65. The van der Waals surface area contributed by atoms with Crippen molar-refractivity contribution in [3.05, 3.63) is 95.1 Å². The topological polar surface area (TPSA) is 66.5 Å². The predicted molar refractivity (Wildman–Crippen MR) is 125 cm³/mol. The molecule has 162 valence electrons. The van der Waals surface area contributed by atoms with E-state index in [1.807, 2.05) is 6.92 Å². The van der Waals surface area contributed by atoms with Crippen molar-refractivity contribution in [1.29, 1.82) is 0 Å². The lowest BCUT2D eigenvalue weighted by atomic mass is 10.1. The van der Waals surface area contributed by atoms with E-state index in [2.05, 4.69) is 36.5 Å². The molecular weight excluding hydrogens is 408 g/mol. The summed E-state index contributed by atoms with van der Waals surface area (Å²) in [4.78, 5) is 12.6. The van der Waals surface area contributed by atoms with E-state index in [-0.39, 0.29) is 10.8 Å². The summed E-state index contributed by atoms with van der Waals surface area (Å²) < 4.78 is 26.9. The van der Waals surface area contributed by atoms with Gasteiger partial charge in [-0.05, 0) is 68.7 Å². The first-order chi connectivity index (χ1) is 14.8. The summed E-state index contributed by atoms with van der Waals surface area (Å²) in [6, 6.07) is 21.7. The zero-order valence-electron chi connectivity index (χ0n) is 18.1. The third-order valence-corrected chi connectivity index (χ3v) is 7.02. The summed E-state index contributed by atoms with van der Waals surface area (Å²) in [5.74, 6) is -0.167. The average Bonchev–Trinajstić information content (AvgIpc) is 2.77. The van der Waals surface area contributed by atoms with Gasteiger partial charge in [0, 0.05) is 19.2 Å². The van der Waals surface area contributed by atoms with E-state index in [9.17, 15) is 13.2 Å². The molecule has 3 rings (SSSR count). The van der Waals surface area contributed by atoms with Crippen LogP contribution in [-0.4, -0.2) is 27.9 Å². The zero-order chi connectivity index (χ0) is 22.4. The molecule has 3 aromatic carbocycles. The minimum Gasteiger partial charge on any atom is -0.352 e. The number of nitrogens with zero attached hydrogens (tertiary/aromatic N) is 1. The molecule has 0 bridgehead atoms. The number of rotatable bonds is 8. The van der Waals surface area contributed by atoms with Gasteiger partial charge in [0.05, 0.1) is 10.6 Å². The van der Waals surface area contributed by atoms with E-state index < -0.39 is 10.0 Å². The molecule has 0 spiro atoms. The van der Waals surface area contributed by atoms with Gasteiger partial charge >= 0.3 is 0 Å². The third-order valence-electron chi connectivity index (χ3n) is 5.22. The smallest absolute Gasteiger partial charge is 0.264 e. The fourth-order valence-electron chi connectivity index (χ4n) is 3.18. The van der Waals surface area contributed by atoms with Gasteiger partial charge in [-0.1, -0.05) is 47.5 Å². The van der Waals surface area contributed by atoms with Crippen molar-refractivity contribution in [3.63, 3.8) is 0 Å². The molecule has 0 fully saturated rings. The van der Waals surface area contributed by atoms with Gasteiger partial charge in [-0.2, -0.15) is 0 Å². The second-order valence-electron chi connectivity index (χ2n) is 7.68. The first-order valence-electron chi connectivity index (χ1n) is 10.3. The highest BCUT2D eigenvalue weighted by Crippen LogP contribution is 2.22. The highest BCUT2D eigenvalue weighted by atomic mass is 32.2. The Morgan fingerprint density at radius 1 is 0.839 bits per heavy atom. The molecular formula is C25H28N2O3S. The normalized spacial score (nSPS) is 11.2. The van der Waals surface area contributed by atoms with Crippen molar-refractivity contribution >= 4 is 21.6 Å². The van der Waals surface area contributed by atoms with E-state index in [0.29, 0.717) is 17.8 Å². The number of anilines is 1. The Morgan fingerprint density at radius 3 is 1.97 bits per heavy atom. The van der Waals surface area contributed by atoms with Crippen LogP contribution < -0.4 is 9.62 Å². The van der Waals surface area contributed by atoms with E-state index in [4.69, 9.17) is 0 Å². The van der Waals surface area contributed by atoms with Crippen LogP contribution in [0.25, 0.3) is 0 Å². The van der Waals surface area contributed by atoms with Gasteiger partial charge in [0.15, 0.2) is 0 Å². The van der Waals surface area contributed by atoms with Crippen LogP contribution in [0.3, 0.4) is 0 Å². The minimum atomic E-state index is -3.66. The maximum atomic E-state index is 12.8. The lowest BCUT2D eigenvalue weighted by Crippen LogP contribution is -2.27. The highest BCUT2D eigenvalue weighted by molar-refractivity contribution is 7.92. The van der Waals surface area contributed by atoms with Gasteiger partial charge in [0.2, 0.25) is 0 Å². The van der Waals surface area contributed by atoms with Crippen molar-refractivity contribution in [1.82, 2.24) is 5.32 Å². The van der Waals surface area contributed by atoms with Gasteiger partial charge in [0.25, 0.3) is 15.9 Å². The van der Waals surface area contributed by atoms with Crippen LogP contribution in [0.1, 0.15) is 33.5 Å². The van der Waals surface area contributed by atoms with Gasteiger partial charge in [-0.15, -0.1) is 0 Å². The fourth-order valence-corrected chi connectivity index (χ4v) is 4.38. The number of carbonyl (C=O) groups is 1. The van der Waals surface area contributed by atoms with Crippen LogP contribution >= 0.6 is 0 Å². The summed E-state index contributed by atoms with van der Waals surface area (Å²) >= 11 is 0. The summed E-state index contributed by atoms with van der Waals surface area (Å²) in [5, 5.41) is 2.92. The molecule has 6 heteroatoms. The monoisotopic (exact) mass is 436 g/mol. The Hall–Kier alpha value is -3.12. The fraction of sp³-hybridized carbons (Fsp3) is 0.240. The molecule has 0 atom stereocenters. The number of aryl methyl sites for hydroxylation is 3. The van der Waals surface area contributed by atoms with Crippen LogP contribution in [-0.2, 0) is 16.4 Å². The number of benzene rings is 3. The maximum absolute atomic E-state index is 12.8. The zero-order valence-corrected chi connectivity index (χ0v) is 18.9. The van der Waals surface area contributed by atoms with Crippen molar-refractivity contribution in [2.45, 2.75) is 31.6 Å². The van der Waals surface area contributed by atoms with Crippen LogP contribution in [0.4, 0.5) is 5.69 Å². The molecule has 1 N–H and O–H groups in total. The quantitative estimate of drug-likeness (QED) is 0.529. The lowest BCUT2D eigenvalue weighted by molar-refractivity contribution is 0.0953. The maximum Gasteiger partial charge on any atom is 0.264 e. The van der Waals surface area contributed by atoms with Crippen LogP contribution in [0.15, 0.2) is 77.7 Å². The van der Waals surface area contributed by atoms with E-state index in [1.54, 1.807) is 48.5 Å². The number of hydrogen-bond acceptors (Lipinski definition) is 3. The summed E-state index contributed by atoms with van der Waals surface area (Å²) in [5.41, 5.74) is 4.48. The molecule has 0 aliphatic carbocycles. The molecule has 5 nitrogen and oxygen atoms in total. The lowest BCUT2D eigenvalue weighted by Gasteiger charge is -2.20. The summed E-state index contributed by atoms with van der Waals surface area (Å²) in [6.45, 7) is 4.55. The van der Waals surface area contributed by atoms with Crippen molar-refractivity contribution in [2.24, 2.45) is 0 Å². The molecule has 0 aliphatic heterocycles. The SMILES string of the molecule is Cc1ccc(CCCNC(=O)c2ccc(N(C)S(=O)(=O)c3ccc(C)cc3)cc2)cc1. The van der Waals surface area contributed by atoms with E-state index in [1.165, 1.54) is 22.5 Å². The van der Waals surface area contributed by atoms with Gasteiger partial charge in [0.1, 0.15) is 0 Å². The van der Waals surface area contributed by atoms with Crippen molar-refractivity contribution in [2.75, 3.05) is 17.9 Å². The minimum absolute atomic E-state index is 0.167. The standard InChI is InChI=1S/C25H28N2O3S/c1-19-6-10-21(11-7-19)5-4-18-26-25(28)22-12-14-23(15-13-22)27(3)31(29,30)24-16-8-20(2)9-17-24/h6-17H,4-5,18H2,1-3H3,(H,26,28). The molecule has 0 aromatic heterocycles. The number of sulfonamides is 1. The molecule has 0 saturated carbocycles. The number of nitrogens with one attached hydrogen (secondary N) is 1. The molecule has 0 saturated heterocycles. The summed E-state index contributed by atoms with van der Waals surface area (Å²) in [7, 11) is -2.15. The van der Waals surface area contributed by atoms with Crippen LogP contribution in [0.2, 0.25) is 0 Å². The van der Waals surface area contributed by atoms with Crippen LogP contribution in [0.5, 0.6) is 0 Å². The molecule has 0 heterocycles. The number of amides is 1. The summed E-state index contributed by atoms with van der Waals surface area (Å²) in [6.07, 6.45) is 1.76. The molecule has 3 aromatic rings. The van der Waals surface area contributed by atoms with Gasteiger partial charge in [-0.25, -0.2) is 8.42 Å². The first-order valence-corrected chi connectivity index (χ1v) is 11.7. The van der Waals surface area contributed by atoms with Gasteiger partial charge in [-0.3, -0.25) is 9.10 Å². The molecule has 31 heavy (non-hydrogen) atoms. The highest BCUT2D eigenvalue weighted by Gasteiger charge is 2.21. The molecule has 0 aliphatic rings. The van der Waals surface area contributed by atoms with Crippen LogP contribution in [0, 0.1) is 13.8 Å². The Kier molecular flexibility index (Phi) is 7.13. The Morgan fingerprint density at radius 2 is 1.39 bits per heavy atom.